The summed E-state index contributed by atoms with van der Waals surface area (Å²) in [6.45, 7) is 2.19. The molecule has 2 N–H and O–H groups in total. The number of carbonyl (C=O) groups is 2. The molecule has 0 bridgehead atoms. The average molecular weight is 378 g/mol. The second-order valence-electron chi connectivity index (χ2n) is 6.74. The number of fused-ring (bicyclic) bond motifs is 1. The number of aromatic nitrogens is 2. The van der Waals surface area contributed by atoms with E-state index >= 15 is 0 Å². The number of para-hydroxylation sites is 1. The quantitative estimate of drug-likeness (QED) is 0.733. The SMILES string of the molecule is Cc1cc(-c2cc(C(=O)NCC(=O)N3CCc4ccccc43)[nH]n2)ccc1F. The topological polar surface area (TPSA) is 78.1 Å². The van der Waals surface area contributed by atoms with Gasteiger partial charge in [-0.25, -0.2) is 4.39 Å². The maximum absolute atomic E-state index is 13.4. The van der Waals surface area contributed by atoms with Gasteiger partial charge in [-0.3, -0.25) is 14.7 Å². The summed E-state index contributed by atoms with van der Waals surface area (Å²) in [5, 5.41) is 9.41. The minimum Gasteiger partial charge on any atom is -0.342 e. The van der Waals surface area contributed by atoms with Crippen LogP contribution in [0.2, 0.25) is 0 Å². The maximum atomic E-state index is 13.4. The summed E-state index contributed by atoms with van der Waals surface area (Å²) < 4.78 is 13.4. The van der Waals surface area contributed by atoms with Crippen molar-refractivity contribution in [1.82, 2.24) is 15.5 Å². The Morgan fingerprint density at radius 2 is 2.04 bits per heavy atom. The molecule has 28 heavy (non-hydrogen) atoms. The normalized spacial score (nSPS) is 12.7. The Balaban J connectivity index is 1.40. The van der Waals surface area contributed by atoms with Crippen molar-refractivity contribution in [3.05, 3.63) is 71.2 Å². The number of benzene rings is 2. The molecule has 1 aliphatic heterocycles. The highest BCUT2D eigenvalue weighted by Crippen LogP contribution is 2.27. The van der Waals surface area contributed by atoms with Gasteiger partial charge in [0.2, 0.25) is 5.91 Å². The monoisotopic (exact) mass is 378 g/mol. The lowest BCUT2D eigenvalue weighted by molar-refractivity contribution is -0.117. The van der Waals surface area contributed by atoms with E-state index in [1.165, 1.54) is 6.07 Å². The first kappa shape index (κ1) is 17.9. The molecule has 0 radical (unpaired) electrons. The van der Waals surface area contributed by atoms with Crippen LogP contribution in [0.5, 0.6) is 0 Å². The zero-order chi connectivity index (χ0) is 19.7. The fourth-order valence-electron chi connectivity index (χ4n) is 3.33. The first-order valence-electron chi connectivity index (χ1n) is 9.01. The number of carbonyl (C=O) groups excluding carboxylic acids is 2. The third kappa shape index (κ3) is 3.38. The highest BCUT2D eigenvalue weighted by Gasteiger charge is 2.24. The molecule has 3 aromatic rings. The van der Waals surface area contributed by atoms with Gasteiger partial charge in [0.25, 0.3) is 5.91 Å². The second kappa shape index (κ2) is 7.26. The Labute approximate surface area is 161 Å². The van der Waals surface area contributed by atoms with Crippen LogP contribution in [0, 0.1) is 12.7 Å². The number of amides is 2. The summed E-state index contributed by atoms with van der Waals surface area (Å²) in [5.41, 5.74) is 4.02. The van der Waals surface area contributed by atoms with Crippen LogP contribution < -0.4 is 10.2 Å². The Hall–Kier alpha value is -3.48. The van der Waals surface area contributed by atoms with Crippen molar-refractivity contribution in [1.29, 1.82) is 0 Å². The van der Waals surface area contributed by atoms with Crippen LogP contribution in [0.1, 0.15) is 21.6 Å². The number of aryl methyl sites for hydroxylation is 1. The highest BCUT2D eigenvalue weighted by molar-refractivity contribution is 6.01. The first-order chi connectivity index (χ1) is 13.5. The molecule has 0 aliphatic carbocycles. The smallest absolute Gasteiger partial charge is 0.269 e. The van der Waals surface area contributed by atoms with Crippen molar-refractivity contribution in [3.8, 4) is 11.3 Å². The maximum Gasteiger partial charge on any atom is 0.269 e. The molecule has 7 heteroatoms. The molecule has 4 rings (SSSR count). The van der Waals surface area contributed by atoms with Gasteiger partial charge in [0.05, 0.1) is 12.2 Å². The molecule has 0 spiro atoms. The van der Waals surface area contributed by atoms with E-state index in [9.17, 15) is 14.0 Å². The third-order valence-corrected chi connectivity index (χ3v) is 4.86. The van der Waals surface area contributed by atoms with Gasteiger partial charge >= 0.3 is 0 Å². The second-order valence-corrected chi connectivity index (χ2v) is 6.74. The van der Waals surface area contributed by atoms with Crippen LogP contribution in [0.15, 0.2) is 48.5 Å². The Morgan fingerprint density at radius 3 is 2.86 bits per heavy atom. The Morgan fingerprint density at radius 1 is 1.21 bits per heavy atom. The Bertz CT molecular complexity index is 1060. The molecule has 6 nitrogen and oxygen atoms in total. The number of halogens is 1. The zero-order valence-corrected chi connectivity index (χ0v) is 15.3. The number of hydrogen-bond donors (Lipinski definition) is 2. The number of aromatic amines is 1. The lowest BCUT2D eigenvalue weighted by Gasteiger charge is -2.17. The Kier molecular flexibility index (Phi) is 4.65. The molecule has 0 fully saturated rings. The predicted molar refractivity (Wildman–Crippen MR) is 104 cm³/mol. The van der Waals surface area contributed by atoms with Gasteiger partial charge in [0.1, 0.15) is 11.5 Å². The summed E-state index contributed by atoms with van der Waals surface area (Å²) in [7, 11) is 0. The number of hydrogen-bond acceptors (Lipinski definition) is 3. The fraction of sp³-hybridized carbons (Fsp3) is 0.190. The third-order valence-electron chi connectivity index (χ3n) is 4.86. The molecule has 2 aromatic carbocycles. The average Bonchev–Trinajstić information content (AvgIpc) is 3.35. The number of anilines is 1. The van der Waals surface area contributed by atoms with Gasteiger partial charge in [0, 0.05) is 17.8 Å². The minimum atomic E-state index is -0.418. The molecule has 0 saturated heterocycles. The lowest BCUT2D eigenvalue weighted by atomic mass is 10.1. The molecule has 1 aliphatic rings. The molecule has 0 atom stereocenters. The van der Waals surface area contributed by atoms with Crippen molar-refractivity contribution in [3.63, 3.8) is 0 Å². The molecule has 2 amide bonds. The predicted octanol–water partition coefficient (Wildman–Crippen LogP) is 2.84. The van der Waals surface area contributed by atoms with Crippen LogP contribution in [0.25, 0.3) is 11.3 Å². The van der Waals surface area contributed by atoms with Crippen LogP contribution in [-0.2, 0) is 11.2 Å². The van der Waals surface area contributed by atoms with Crippen molar-refractivity contribution in [2.45, 2.75) is 13.3 Å². The summed E-state index contributed by atoms with van der Waals surface area (Å²) in [6, 6.07) is 14.0. The molecule has 142 valence electrons. The van der Waals surface area contributed by atoms with Gasteiger partial charge < -0.3 is 10.2 Å². The number of rotatable bonds is 4. The largest absolute Gasteiger partial charge is 0.342 e. The van der Waals surface area contributed by atoms with Gasteiger partial charge in [-0.1, -0.05) is 18.2 Å². The van der Waals surface area contributed by atoms with Crippen LogP contribution in [0.3, 0.4) is 0 Å². The van der Waals surface area contributed by atoms with Gasteiger partial charge in [-0.15, -0.1) is 0 Å². The van der Waals surface area contributed by atoms with Crippen molar-refractivity contribution >= 4 is 17.5 Å². The van der Waals surface area contributed by atoms with Crippen molar-refractivity contribution < 1.29 is 14.0 Å². The van der Waals surface area contributed by atoms with E-state index < -0.39 is 5.91 Å². The van der Waals surface area contributed by atoms with Gasteiger partial charge in [0.15, 0.2) is 0 Å². The first-order valence-corrected chi connectivity index (χ1v) is 9.01. The van der Waals surface area contributed by atoms with Crippen LogP contribution in [-0.4, -0.2) is 35.1 Å². The lowest BCUT2D eigenvalue weighted by Crippen LogP contribution is -2.39. The number of H-pyrrole nitrogens is 1. The van der Waals surface area contributed by atoms with Crippen molar-refractivity contribution in [2.24, 2.45) is 0 Å². The molecular weight excluding hydrogens is 359 g/mol. The fourth-order valence-corrected chi connectivity index (χ4v) is 3.33. The highest BCUT2D eigenvalue weighted by atomic mass is 19.1. The molecule has 1 aromatic heterocycles. The zero-order valence-electron chi connectivity index (χ0n) is 15.3. The van der Waals surface area contributed by atoms with E-state index in [-0.39, 0.29) is 24.0 Å². The van der Waals surface area contributed by atoms with E-state index in [2.05, 4.69) is 15.5 Å². The summed E-state index contributed by atoms with van der Waals surface area (Å²) >= 11 is 0. The summed E-state index contributed by atoms with van der Waals surface area (Å²) in [6.07, 6.45) is 0.816. The van der Waals surface area contributed by atoms with Gasteiger partial charge in [-0.05, 0) is 54.8 Å². The minimum absolute atomic E-state index is 0.100. The van der Waals surface area contributed by atoms with E-state index in [0.29, 0.717) is 23.4 Å². The number of nitrogens with one attached hydrogen (secondary N) is 2. The van der Waals surface area contributed by atoms with E-state index in [0.717, 1.165) is 17.7 Å². The molecule has 0 saturated carbocycles. The molecule has 2 heterocycles. The van der Waals surface area contributed by atoms with Crippen molar-refractivity contribution in [2.75, 3.05) is 18.0 Å². The van der Waals surface area contributed by atoms with Crippen LogP contribution in [0.4, 0.5) is 10.1 Å². The van der Waals surface area contributed by atoms with E-state index in [1.54, 1.807) is 30.0 Å². The van der Waals surface area contributed by atoms with E-state index in [1.807, 2.05) is 24.3 Å². The van der Waals surface area contributed by atoms with E-state index in [4.69, 9.17) is 0 Å². The van der Waals surface area contributed by atoms with Gasteiger partial charge in [-0.2, -0.15) is 5.10 Å². The standard InChI is InChI=1S/C21H19FN4O2/c1-13-10-15(6-7-16(13)22)17-11-18(25-24-17)21(28)23-12-20(27)26-9-8-14-4-2-3-5-19(14)26/h2-7,10-11H,8-9,12H2,1H3,(H,23,28)(H,24,25). The number of nitrogens with zero attached hydrogens (tertiary/aromatic N) is 2. The molecular formula is C21H19FN4O2. The summed E-state index contributed by atoms with van der Waals surface area (Å²) in [4.78, 5) is 26.5. The summed E-state index contributed by atoms with van der Waals surface area (Å²) in [5.74, 6) is -0.870. The molecule has 0 unspecified atom stereocenters. The van der Waals surface area contributed by atoms with Crippen LogP contribution >= 0.6 is 0 Å².